The lowest BCUT2D eigenvalue weighted by molar-refractivity contribution is 0.391. The van der Waals surface area contributed by atoms with Crippen molar-refractivity contribution in [3.63, 3.8) is 0 Å². The van der Waals surface area contributed by atoms with Crippen molar-refractivity contribution in [1.82, 2.24) is 4.98 Å². The minimum Gasteiger partial charge on any atom is -0.481 e. The second-order valence-electron chi connectivity index (χ2n) is 2.53. The van der Waals surface area contributed by atoms with E-state index in [4.69, 9.17) is 10.5 Å². The van der Waals surface area contributed by atoms with E-state index in [-0.39, 0.29) is 0 Å². The van der Waals surface area contributed by atoms with Crippen molar-refractivity contribution in [2.75, 3.05) is 7.11 Å². The minimum atomic E-state index is 0.459. The molecule has 66 valence electrons. The third-order valence-electron chi connectivity index (χ3n) is 1.78. The van der Waals surface area contributed by atoms with Crippen LogP contribution in [-0.4, -0.2) is 12.1 Å². The summed E-state index contributed by atoms with van der Waals surface area (Å²) in [5.41, 5.74) is 7.43. The standard InChI is InChI=1S/C9H14N2O/c1-3-7-4-5-8(6-10)11-9(7)12-2/h4-5H,3,6,10H2,1-2H3. The van der Waals surface area contributed by atoms with Gasteiger partial charge in [0.2, 0.25) is 5.88 Å². The predicted octanol–water partition coefficient (Wildman–Crippen LogP) is 1.11. The first kappa shape index (κ1) is 9.00. The van der Waals surface area contributed by atoms with Crippen LogP contribution >= 0.6 is 0 Å². The molecular formula is C9H14N2O. The number of ether oxygens (including phenoxy) is 1. The monoisotopic (exact) mass is 166 g/mol. The Hall–Kier alpha value is -1.09. The highest BCUT2D eigenvalue weighted by atomic mass is 16.5. The summed E-state index contributed by atoms with van der Waals surface area (Å²) < 4.78 is 5.11. The zero-order chi connectivity index (χ0) is 8.97. The summed E-state index contributed by atoms with van der Waals surface area (Å²) in [5, 5.41) is 0. The lowest BCUT2D eigenvalue weighted by Gasteiger charge is -2.06. The summed E-state index contributed by atoms with van der Waals surface area (Å²) in [4.78, 5) is 4.23. The Kier molecular flexibility index (Phi) is 3.05. The number of methoxy groups -OCH3 is 1. The summed E-state index contributed by atoms with van der Waals surface area (Å²) >= 11 is 0. The smallest absolute Gasteiger partial charge is 0.216 e. The maximum absolute atomic E-state index is 5.45. The van der Waals surface area contributed by atoms with E-state index in [2.05, 4.69) is 11.9 Å². The van der Waals surface area contributed by atoms with Crippen LogP contribution < -0.4 is 10.5 Å². The van der Waals surface area contributed by atoms with E-state index in [0.717, 1.165) is 17.7 Å². The van der Waals surface area contributed by atoms with E-state index < -0.39 is 0 Å². The number of nitrogens with zero attached hydrogens (tertiary/aromatic N) is 1. The van der Waals surface area contributed by atoms with Crippen LogP contribution in [0, 0.1) is 0 Å². The molecule has 0 saturated heterocycles. The van der Waals surface area contributed by atoms with E-state index in [9.17, 15) is 0 Å². The molecule has 0 amide bonds. The highest BCUT2D eigenvalue weighted by Gasteiger charge is 2.02. The number of hydrogen-bond donors (Lipinski definition) is 1. The Morgan fingerprint density at radius 3 is 2.75 bits per heavy atom. The second kappa shape index (κ2) is 4.07. The first-order chi connectivity index (χ1) is 5.81. The Balaban J connectivity index is 3.02. The van der Waals surface area contributed by atoms with E-state index >= 15 is 0 Å². The van der Waals surface area contributed by atoms with Gasteiger partial charge in [0.25, 0.3) is 0 Å². The first-order valence-corrected chi connectivity index (χ1v) is 4.04. The number of aromatic nitrogens is 1. The van der Waals surface area contributed by atoms with E-state index in [1.165, 1.54) is 0 Å². The highest BCUT2D eigenvalue weighted by Crippen LogP contribution is 2.15. The molecule has 0 aromatic carbocycles. The summed E-state index contributed by atoms with van der Waals surface area (Å²) in [6.45, 7) is 2.53. The molecule has 0 fully saturated rings. The van der Waals surface area contributed by atoms with Crippen LogP contribution in [0.1, 0.15) is 18.2 Å². The van der Waals surface area contributed by atoms with Gasteiger partial charge in [-0.2, -0.15) is 0 Å². The summed E-state index contributed by atoms with van der Waals surface area (Å²) in [7, 11) is 1.63. The van der Waals surface area contributed by atoms with Crippen molar-refractivity contribution in [3.8, 4) is 5.88 Å². The lowest BCUT2D eigenvalue weighted by atomic mass is 10.2. The van der Waals surface area contributed by atoms with Crippen LogP contribution in [0.25, 0.3) is 0 Å². The predicted molar refractivity (Wildman–Crippen MR) is 48.1 cm³/mol. The zero-order valence-electron chi connectivity index (χ0n) is 7.50. The maximum Gasteiger partial charge on any atom is 0.216 e. The molecule has 1 aromatic heterocycles. The SMILES string of the molecule is CCc1ccc(CN)nc1OC. The average molecular weight is 166 g/mol. The fraction of sp³-hybridized carbons (Fsp3) is 0.444. The molecule has 0 bridgehead atoms. The molecule has 0 aliphatic rings. The quantitative estimate of drug-likeness (QED) is 0.731. The van der Waals surface area contributed by atoms with E-state index in [1.807, 2.05) is 12.1 Å². The molecule has 0 atom stereocenters. The molecule has 0 aliphatic carbocycles. The molecule has 0 radical (unpaired) electrons. The van der Waals surface area contributed by atoms with E-state index in [0.29, 0.717) is 12.4 Å². The van der Waals surface area contributed by atoms with Crippen molar-refractivity contribution < 1.29 is 4.74 Å². The van der Waals surface area contributed by atoms with Crippen molar-refractivity contribution in [3.05, 3.63) is 23.4 Å². The molecule has 0 aliphatic heterocycles. The Labute approximate surface area is 72.6 Å². The largest absolute Gasteiger partial charge is 0.481 e. The van der Waals surface area contributed by atoms with Gasteiger partial charge >= 0.3 is 0 Å². The van der Waals surface area contributed by atoms with Crippen molar-refractivity contribution >= 4 is 0 Å². The Bertz CT molecular complexity index is 261. The van der Waals surface area contributed by atoms with Gasteiger partial charge in [-0.15, -0.1) is 0 Å². The molecule has 12 heavy (non-hydrogen) atoms. The maximum atomic E-state index is 5.45. The third-order valence-corrected chi connectivity index (χ3v) is 1.78. The topological polar surface area (TPSA) is 48.1 Å². The molecule has 3 nitrogen and oxygen atoms in total. The van der Waals surface area contributed by atoms with Crippen molar-refractivity contribution in [2.24, 2.45) is 5.73 Å². The van der Waals surface area contributed by atoms with E-state index in [1.54, 1.807) is 7.11 Å². The van der Waals surface area contributed by atoms with Crippen LogP contribution in [0.5, 0.6) is 5.88 Å². The molecule has 1 aromatic rings. The molecule has 2 N–H and O–H groups in total. The molecule has 1 heterocycles. The van der Waals surface area contributed by atoms with Crippen LogP contribution in [0.3, 0.4) is 0 Å². The number of hydrogen-bond acceptors (Lipinski definition) is 3. The van der Waals surface area contributed by atoms with Crippen LogP contribution in [-0.2, 0) is 13.0 Å². The summed E-state index contributed by atoms with van der Waals surface area (Å²) in [5.74, 6) is 0.695. The zero-order valence-corrected chi connectivity index (χ0v) is 7.50. The van der Waals surface area contributed by atoms with Gasteiger partial charge in [0.05, 0.1) is 12.8 Å². The number of pyridine rings is 1. The van der Waals surface area contributed by atoms with Gasteiger partial charge in [0.1, 0.15) is 0 Å². The highest BCUT2D eigenvalue weighted by molar-refractivity contribution is 5.28. The van der Waals surface area contributed by atoms with Gasteiger partial charge in [0, 0.05) is 12.1 Å². The van der Waals surface area contributed by atoms with Crippen LogP contribution in [0.4, 0.5) is 0 Å². The van der Waals surface area contributed by atoms with Crippen molar-refractivity contribution in [2.45, 2.75) is 19.9 Å². The van der Waals surface area contributed by atoms with Gasteiger partial charge in [0.15, 0.2) is 0 Å². The molecule has 1 rings (SSSR count). The minimum absolute atomic E-state index is 0.459. The third kappa shape index (κ3) is 1.74. The fourth-order valence-electron chi connectivity index (χ4n) is 1.07. The lowest BCUT2D eigenvalue weighted by Crippen LogP contribution is -2.02. The van der Waals surface area contributed by atoms with Crippen LogP contribution in [0.15, 0.2) is 12.1 Å². The molecule has 0 unspecified atom stereocenters. The second-order valence-corrected chi connectivity index (χ2v) is 2.53. The van der Waals surface area contributed by atoms with Crippen molar-refractivity contribution in [1.29, 1.82) is 0 Å². The molecular weight excluding hydrogens is 152 g/mol. The summed E-state index contributed by atoms with van der Waals surface area (Å²) in [6.07, 6.45) is 0.932. The Morgan fingerprint density at radius 2 is 2.25 bits per heavy atom. The number of nitrogens with two attached hydrogens (primary N) is 1. The molecule has 0 saturated carbocycles. The Morgan fingerprint density at radius 1 is 1.50 bits per heavy atom. The fourth-order valence-corrected chi connectivity index (χ4v) is 1.07. The summed E-state index contributed by atoms with van der Waals surface area (Å²) in [6, 6.07) is 3.94. The van der Waals surface area contributed by atoms with Crippen LogP contribution in [0.2, 0.25) is 0 Å². The molecule has 3 heteroatoms. The van der Waals surface area contributed by atoms with Gasteiger partial charge in [-0.3, -0.25) is 0 Å². The van der Waals surface area contributed by atoms with Gasteiger partial charge in [-0.05, 0) is 12.5 Å². The van der Waals surface area contributed by atoms with Gasteiger partial charge in [-0.25, -0.2) is 4.98 Å². The number of rotatable bonds is 3. The number of aryl methyl sites for hydroxylation is 1. The van der Waals surface area contributed by atoms with Gasteiger partial charge in [-0.1, -0.05) is 13.0 Å². The first-order valence-electron chi connectivity index (χ1n) is 4.04. The average Bonchev–Trinajstić information content (AvgIpc) is 2.16. The normalized spacial score (nSPS) is 9.92. The molecule has 0 spiro atoms. The van der Waals surface area contributed by atoms with Gasteiger partial charge < -0.3 is 10.5 Å².